The molecule has 0 radical (unpaired) electrons. The lowest BCUT2D eigenvalue weighted by Gasteiger charge is -2.33. The second kappa shape index (κ2) is 21.6. The molecule has 0 saturated heterocycles. The molecule has 0 fully saturated rings. The number of rotatable bonds is 9. The van der Waals surface area contributed by atoms with Crippen LogP contribution in [0, 0.1) is 11.3 Å². The van der Waals surface area contributed by atoms with Crippen molar-refractivity contribution < 1.29 is 45.0 Å². The van der Waals surface area contributed by atoms with Crippen LogP contribution < -0.4 is 0 Å². The smallest absolute Gasteiger partial charge is 0.327 e. The van der Waals surface area contributed by atoms with Crippen LogP contribution >= 0.6 is 0 Å². The van der Waals surface area contributed by atoms with E-state index in [9.17, 15) is 14.4 Å². The minimum atomic E-state index is -0.981. The summed E-state index contributed by atoms with van der Waals surface area (Å²) >= 11 is 0. The molecule has 0 aliphatic rings. The summed E-state index contributed by atoms with van der Waals surface area (Å²) in [6.07, 6.45) is 4.42. The van der Waals surface area contributed by atoms with Gasteiger partial charge in [0.15, 0.2) is 0 Å². The molecule has 0 aromatic rings. The molecule has 0 heterocycles. The van der Waals surface area contributed by atoms with Gasteiger partial charge in [-0.2, -0.15) is 0 Å². The number of hydrogen-bond acceptors (Lipinski definition) is 6. The lowest BCUT2D eigenvalue weighted by atomic mass is 9.76. The standard InChI is InChI=1S/C9H20O3.3C3H4O2/c1-3-4-8(2)9(5-10,6-11)7-12;3*1-2-3(4)5/h8,10-12H,3-7H2,1-2H3;3*2H,1H2,(H,4,5). The van der Waals surface area contributed by atoms with Crippen molar-refractivity contribution in [2.24, 2.45) is 11.3 Å². The summed E-state index contributed by atoms with van der Waals surface area (Å²) in [4.78, 5) is 27.8. The molecule has 1 atom stereocenters. The van der Waals surface area contributed by atoms with Crippen molar-refractivity contribution in [2.75, 3.05) is 19.8 Å². The van der Waals surface area contributed by atoms with Crippen LogP contribution in [0.3, 0.4) is 0 Å². The molecule has 0 aliphatic heterocycles. The summed E-state index contributed by atoms with van der Waals surface area (Å²) in [6.45, 7) is 12.4. The van der Waals surface area contributed by atoms with Gasteiger partial charge in [0.25, 0.3) is 0 Å². The summed E-state index contributed by atoms with van der Waals surface area (Å²) in [5.41, 5.74) is -0.698. The average Bonchev–Trinajstić information content (AvgIpc) is 2.65. The number of carbonyl (C=O) groups is 3. The third-order valence-corrected chi connectivity index (χ3v) is 3.24. The molecule has 0 aromatic heterocycles. The van der Waals surface area contributed by atoms with Gasteiger partial charge in [-0.15, -0.1) is 0 Å². The van der Waals surface area contributed by atoms with Gasteiger partial charge in [0.05, 0.1) is 19.8 Å². The third kappa shape index (κ3) is 23.5. The summed E-state index contributed by atoms with van der Waals surface area (Å²) in [5, 5.41) is 50.0. The predicted molar refractivity (Wildman–Crippen MR) is 101 cm³/mol. The van der Waals surface area contributed by atoms with Crippen LogP contribution in [0.15, 0.2) is 38.0 Å². The zero-order valence-corrected chi connectivity index (χ0v) is 15.9. The Balaban J connectivity index is -0.000000147. The van der Waals surface area contributed by atoms with Gasteiger partial charge in [0.2, 0.25) is 0 Å². The first-order chi connectivity index (χ1) is 12.5. The van der Waals surface area contributed by atoms with Gasteiger partial charge in [0.1, 0.15) is 0 Å². The molecular weight excluding hydrogens is 360 g/mol. The Morgan fingerprint density at radius 1 is 0.815 bits per heavy atom. The largest absolute Gasteiger partial charge is 0.478 e. The van der Waals surface area contributed by atoms with Crippen molar-refractivity contribution in [3.63, 3.8) is 0 Å². The lowest BCUT2D eigenvalue weighted by Crippen LogP contribution is -2.40. The minimum absolute atomic E-state index is 0.152. The molecule has 6 N–H and O–H groups in total. The minimum Gasteiger partial charge on any atom is -0.478 e. The highest BCUT2D eigenvalue weighted by Crippen LogP contribution is 2.29. The zero-order chi connectivity index (χ0) is 22.5. The van der Waals surface area contributed by atoms with E-state index in [1.165, 1.54) is 0 Å². The van der Waals surface area contributed by atoms with E-state index in [1.54, 1.807) is 0 Å². The number of carboxylic acids is 3. The highest BCUT2D eigenvalue weighted by molar-refractivity contribution is 5.79. The normalized spacial score (nSPS) is 10.1. The van der Waals surface area contributed by atoms with Crippen LogP contribution in [0.25, 0.3) is 0 Å². The first-order valence-electron chi connectivity index (χ1n) is 7.86. The van der Waals surface area contributed by atoms with Crippen molar-refractivity contribution >= 4 is 17.9 Å². The number of aliphatic carboxylic acids is 3. The molecular formula is C18H32O9. The van der Waals surface area contributed by atoms with Crippen molar-refractivity contribution in [1.82, 2.24) is 0 Å². The van der Waals surface area contributed by atoms with Crippen LogP contribution in [0.4, 0.5) is 0 Å². The molecule has 0 amide bonds. The number of hydrogen-bond donors (Lipinski definition) is 6. The number of aliphatic hydroxyl groups excluding tert-OH is 3. The summed E-state index contributed by atoms with van der Waals surface area (Å²) in [7, 11) is 0. The van der Waals surface area contributed by atoms with Crippen LogP contribution in [-0.2, 0) is 14.4 Å². The Morgan fingerprint density at radius 3 is 1.15 bits per heavy atom. The molecule has 158 valence electrons. The maximum absolute atomic E-state index is 9.25. The van der Waals surface area contributed by atoms with E-state index in [0.29, 0.717) is 0 Å². The predicted octanol–water partition coefficient (Wildman–Crippen LogP) is 1.16. The van der Waals surface area contributed by atoms with Crippen molar-refractivity contribution in [3.8, 4) is 0 Å². The summed E-state index contributed by atoms with van der Waals surface area (Å²) < 4.78 is 0. The Kier molecular flexibility index (Phi) is 25.7. The topological polar surface area (TPSA) is 173 Å². The molecule has 0 saturated carbocycles. The van der Waals surface area contributed by atoms with Crippen LogP contribution in [0.2, 0.25) is 0 Å². The van der Waals surface area contributed by atoms with Crippen molar-refractivity contribution in [1.29, 1.82) is 0 Å². The van der Waals surface area contributed by atoms with Crippen LogP contribution in [0.1, 0.15) is 26.7 Å². The molecule has 27 heavy (non-hydrogen) atoms. The van der Waals surface area contributed by atoms with Gasteiger partial charge in [-0.1, -0.05) is 46.4 Å². The van der Waals surface area contributed by atoms with E-state index in [4.69, 9.17) is 30.6 Å². The first kappa shape index (κ1) is 32.2. The van der Waals surface area contributed by atoms with E-state index in [-0.39, 0.29) is 25.7 Å². The number of aliphatic hydroxyl groups is 3. The van der Waals surface area contributed by atoms with Gasteiger partial charge in [-0.05, 0) is 5.92 Å². The van der Waals surface area contributed by atoms with Crippen molar-refractivity contribution in [3.05, 3.63) is 38.0 Å². The van der Waals surface area contributed by atoms with Crippen molar-refractivity contribution in [2.45, 2.75) is 26.7 Å². The lowest BCUT2D eigenvalue weighted by molar-refractivity contribution is -0.132. The quantitative estimate of drug-likeness (QED) is 0.315. The fraction of sp³-hybridized carbons (Fsp3) is 0.500. The summed E-state index contributed by atoms with van der Waals surface area (Å²) in [5.74, 6) is -2.79. The molecule has 0 aliphatic carbocycles. The highest BCUT2D eigenvalue weighted by atomic mass is 16.4. The average molecular weight is 392 g/mol. The molecule has 0 spiro atoms. The Bertz CT molecular complexity index is 389. The molecule has 9 heteroatoms. The number of carboxylic acid groups (broad SMARTS) is 3. The van der Waals surface area contributed by atoms with Gasteiger partial charge in [-0.25, -0.2) is 14.4 Å². The van der Waals surface area contributed by atoms with Gasteiger partial charge >= 0.3 is 17.9 Å². The molecule has 1 unspecified atom stereocenters. The summed E-state index contributed by atoms with van der Waals surface area (Å²) in [6, 6.07) is 0. The first-order valence-corrected chi connectivity index (χ1v) is 7.86. The molecule has 9 nitrogen and oxygen atoms in total. The SMILES string of the molecule is C=CC(=O)O.C=CC(=O)O.C=CC(=O)O.CCCC(C)C(CO)(CO)CO. The van der Waals surface area contributed by atoms with Gasteiger partial charge in [0, 0.05) is 23.6 Å². The second-order valence-electron chi connectivity index (χ2n) is 5.15. The fourth-order valence-corrected chi connectivity index (χ4v) is 1.36. The van der Waals surface area contributed by atoms with E-state index in [1.807, 2.05) is 13.8 Å². The molecule has 0 aromatic carbocycles. The maximum Gasteiger partial charge on any atom is 0.327 e. The van der Waals surface area contributed by atoms with Crippen LogP contribution in [0.5, 0.6) is 0 Å². The Hall–Kier alpha value is -2.49. The zero-order valence-electron chi connectivity index (χ0n) is 15.9. The Labute approximate surface area is 159 Å². The highest BCUT2D eigenvalue weighted by Gasteiger charge is 2.33. The molecule has 0 rings (SSSR count). The van der Waals surface area contributed by atoms with Gasteiger partial charge in [-0.3, -0.25) is 0 Å². The molecule has 0 bridgehead atoms. The second-order valence-corrected chi connectivity index (χ2v) is 5.15. The maximum atomic E-state index is 9.25. The van der Waals surface area contributed by atoms with E-state index in [2.05, 4.69) is 19.7 Å². The Morgan fingerprint density at radius 2 is 1.04 bits per heavy atom. The fourth-order valence-electron chi connectivity index (χ4n) is 1.36. The monoisotopic (exact) mass is 392 g/mol. The van der Waals surface area contributed by atoms with E-state index < -0.39 is 23.3 Å². The van der Waals surface area contributed by atoms with Crippen LogP contribution in [-0.4, -0.2) is 68.4 Å². The van der Waals surface area contributed by atoms with Gasteiger partial charge < -0.3 is 30.6 Å². The van der Waals surface area contributed by atoms with E-state index in [0.717, 1.165) is 31.1 Å². The third-order valence-electron chi connectivity index (χ3n) is 3.24. The van der Waals surface area contributed by atoms with E-state index >= 15 is 0 Å².